The van der Waals surface area contributed by atoms with Gasteiger partial charge >= 0.3 is 5.97 Å². The molecular weight excluding hydrogens is 206 g/mol. The highest BCUT2D eigenvalue weighted by Crippen LogP contribution is 2.26. The first kappa shape index (κ1) is 11.1. The second-order valence-corrected chi connectivity index (χ2v) is 4.33. The van der Waals surface area contributed by atoms with Crippen LogP contribution in [0.1, 0.15) is 30.1 Å². The molecule has 0 saturated carbocycles. The summed E-state index contributed by atoms with van der Waals surface area (Å²) >= 11 is 0. The van der Waals surface area contributed by atoms with Crippen molar-refractivity contribution in [3.05, 3.63) is 17.5 Å². The zero-order valence-corrected chi connectivity index (χ0v) is 9.68. The first-order chi connectivity index (χ1) is 7.59. The van der Waals surface area contributed by atoms with Gasteiger partial charge in [-0.05, 0) is 32.9 Å². The van der Waals surface area contributed by atoms with Gasteiger partial charge in [0.15, 0.2) is 0 Å². The molecule has 1 aliphatic rings. The van der Waals surface area contributed by atoms with E-state index in [0.717, 1.165) is 37.2 Å². The van der Waals surface area contributed by atoms with Crippen molar-refractivity contribution in [1.29, 1.82) is 0 Å². The highest BCUT2D eigenvalue weighted by Gasteiger charge is 2.31. The Kier molecular flexibility index (Phi) is 2.96. The summed E-state index contributed by atoms with van der Waals surface area (Å²) in [7, 11) is 1.82. The van der Waals surface area contributed by atoms with Crippen LogP contribution in [0.15, 0.2) is 6.20 Å². The minimum atomic E-state index is -0.780. The van der Waals surface area contributed by atoms with E-state index in [1.54, 1.807) is 4.68 Å². The molecule has 0 aromatic carbocycles. The number of carboxylic acids is 1. The standard InChI is InChI=1S/C11H17N3O2/c1-8-9(7-13(2)12-8)10(11(15)16)14-5-3-4-6-14/h7,10H,3-6H2,1-2H3,(H,15,16). The Morgan fingerprint density at radius 1 is 1.50 bits per heavy atom. The molecule has 0 spiro atoms. The quantitative estimate of drug-likeness (QED) is 0.829. The van der Waals surface area contributed by atoms with Crippen LogP contribution in [0.5, 0.6) is 0 Å². The highest BCUT2D eigenvalue weighted by atomic mass is 16.4. The summed E-state index contributed by atoms with van der Waals surface area (Å²) in [5.41, 5.74) is 1.62. The number of aryl methyl sites for hydroxylation is 2. The minimum absolute atomic E-state index is 0.531. The number of hydrogen-bond acceptors (Lipinski definition) is 3. The van der Waals surface area contributed by atoms with Crippen LogP contribution in [0.2, 0.25) is 0 Å². The van der Waals surface area contributed by atoms with Gasteiger partial charge in [0.1, 0.15) is 6.04 Å². The summed E-state index contributed by atoms with van der Waals surface area (Å²) in [4.78, 5) is 13.4. The first-order valence-corrected chi connectivity index (χ1v) is 5.56. The van der Waals surface area contributed by atoms with Gasteiger partial charge < -0.3 is 5.11 Å². The molecular formula is C11H17N3O2. The number of carbonyl (C=O) groups is 1. The van der Waals surface area contributed by atoms with E-state index in [4.69, 9.17) is 0 Å². The number of likely N-dealkylation sites (tertiary alicyclic amines) is 1. The topological polar surface area (TPSA) is 58.4 Å². The molecule has 1 atom stereocenters. The lowest BCUT2D eigenvalue weighted by atomic mass is 10.1. The molecule has 16 heavy (non-hydrogen) atoms. The molecule has 2 heterocycles. The molecule has 1 aromatic heterocycles. The van der Waals surface area contributed by atoms with Crippen molar-refractivity contribution < 1.29 is 9.90 Å². The van der Waals surface area contributed by atoms with Gasteiger partial charge in [0.2, 0.25) is 0 Å². The third-order valence-electron chi connectivity index (χ3n) is 3.09. The highest BCUT2D eigenvalue weighted by molar-refractivity contribution is 5.75. The van der Waals surface area contributed by atoms with Crippen LogP contribution in [-0.2, 0) is 11.8 Å². The second-order valence-electron chi connectivity index (χ2n) is 4.33. The van der Waals surface area contributed by atoms with E-state index in [1.807, 2.05) is 25.1 Å². The fraction of sp³-hybridized carbons (Fsp3) is 0.636. The van der Waals surface area contributed by atoms with E-state index in [-0.39, 0.29) is 0 Å². The van der Waals surface area contributed by atoms with Crippen LogP contribution >= 0.6 is 0 Å². The van der Waals surface area contributed by atoms with Crippen molar-refractivity contribution in [3.63, 3.8) is 0 Å². The van der Waals surface area contributed by atoms with Crippen LogP contribution in [0.4, 0.5) is 0 Å². The van der Waals surface area contributed by atoms with E-state index in [9.17, 15) is 9.90 Å². The summed E-state index contributed by atoms with van der Waals surface area (Å²) in [5, 5.41) is 13.6. The maximum absolute atomic E-state index is 11.4. The normalized spacial score (nSPS) is 18.9. The number of carboxylic acid groups (broad SMARTS) is 1. The molecule has 1 fully saturated rings. The molecule has 0 radical (unpaired) electrons. The average molecular weight is 223 g/mol. The Bertz CT molecular complexity index is 394. The molecule has 1 saturated heterocycles. The summed E-state index contributed by atoms with van der Waals surface area (Å²) < 4.78 is 1.68. The van der Waals surface area contributed by atoms with Crippen molar-refractivity contribution in [2.24, 2.45) is 7.05 Å². The summed E-state index contributed by atoms with van der Waals surface area (Å²) in [6.45, 7) is 3.60. The van der Waals surface area contributed by atoms with E-state index < -0.39 is 12.0 Å². The van der Waals surface area contributed by atoms with E-state index >= 15 is 0 Å². The van der Waals surface area contributed by atoms with E-state index in [2.05, 4.69) is 5.10 Å². The molecule has 2 rings (SSSR count). The minimum Gasteiger partial charge on any atom is -0.480 e. The van der Waals surface area contributed by atoms with Gasteiger partial charge in [0.05, 0.1) is 5.69 Å². The number of hydrogen-bond donors (Lipinski definition) is 1. The maximum atomic E-state index is 11.4. The van der Waals surface area contributed by atoms with Gasteiger partial charge in [-0.3, -0.25) is 14.4 Å². The second kappa shape index (κ2) is 4.25. The van der Waals surface area contributed by atoms with E-state index in [0.29, 0.717) is 0 Å². The predicted molar refractivity (Wildman–Crippen MR) is 59.1 cm³/mol. The molecule has 0 aliphatic carbocycles. The Hall–Kier alpha value is -1.36. The van der Waals surface area contributed by atoms with Crippen molar-refractivity contribution in [2.75, 3.05) is 13.1 Å². The number of rotatable bonds is 3. The SMILES string of the molecule is Cc1nn(C)cc1C(C(=O)O)N1CCCC1. The zero-order chi connectivity index (χ0) is 11.7. The lowest BCUT2D eigenvalue weighted by Gasteiger charge is -2.23. The smallest absolute Gasteiger partial charge is 0.325 e. The van der Waals surface area contributed by atoms with Crippen LogP contribution in [0.25, 0.3) is 0 Å². The summed E-state index contributed by atoms with van der Waals surface area (Å²) in [6.07, 6.45) is 3.98. The molecule has 5 nitrogen and oxygen atoms in total. The molecule has 0 bridgehead atoms. The summed E-state index contributed by atoms with van der Waals surface area (Å²) in [6, 6.07) is -0.531. The van der Waals surface area contributed by atoms with Gasteiger partial charge in [-0.15, -0.1) is 0 Å². The van der Waals surface area contributed by atoms with Gasteiger partial charge in [0, 0.05) is 18.8 Å². The van der Waals surface area contributed by atoms with Crippen molar-refractivity contribution in [1.82, 2.24) is 14.7 Å². The molecule has 5 heteroatoms. The third kappa shape index (κ3) is 1.95. The van der Waals surface area contributed by atoms with Crippen molar-refractivity contribution in [2.45, 2.75) is 25.8 Å². The monoisotopic (exact) mass is 223 g/mol. The largest absolute Gasteiger partial charge is 0.480 e. The maximum Gasteiger partial charge on any atom is 0.325 e. The molecule has 1 aromatic rings. The third-order valence-corrected chi connectivity index (χ3v) is 3.09. The van der Waals surface area contributed by atoms with E-state index in [1.165, 1.54) is 0 Å². The van der Waals surface area contributed by atoms with Gasteiger partial charge in [-0.25, -0.2) is 0 Å². The van der Waals surface area contributed by atoms with Crippen LogP contribution < -0.4 is 0 Å². The van der Waals surface area contributed by atoms with Crippen LogP contribution in [-0.4, -0.2) is 38.8 Å². The van der Waals surface area contributed by atoms with Crippen molar-refractivity contribution >= 4 is 5.97 Å². The average Bonchev–Trinajstić information content (AvgIpc) is 2.78. The molecule has 1 aliphatic heterocycles. The molecule has 88 valence electrons. The lowest BCUT2D eigenvalue weighted by molar-refractivity contribution is -0.143. The molecule has 1 N–H and O–H groups in total. The Morgan fingerprint density at radius 3 is 2.56 bits per heavy atom. The number of aromatic nitrogens is 2. The Morgan fingerprint density at radius 2 is 2.12 bits per heavy atom. The lowest BCUT2D eigenvalue weighted by Crippen LogP contribution is -2.31. The Labute approximate surface area is 94.7 Å². The first-order valence-electron chi connectivity index (χ1n) is 5.56. The number of nitrogens with zero attached hydrogens (tertiary/aromatic N) is 3. The van der Waals surface area contributed by atoms with Gasteiger partial charge in [-0.2, -0.15) is 5.10 Å². The van der Waals surface area contributed by atoms with Crippen LogP contribution in [0.3, 0.4) is 0 Å². The zero-order valence-electron chi connectivity index (χ0n) is 9.68. The van der Waals surface area contributed by atoms with Crippen LogP contribution in [0, 0.1) is 6.92 Å². The Balaban J connectivity index is 2.31. The fourth-order valence-electron chi connectivity index (χ4n) is 2.37. The number of aliphatic carboxylic acids is 1. The fourth-order valence-corrected chi connectivity index (χ4v) is 2.37. The summed E-state index contributed by atoms with van der Waals surface area (Å²) in [5.74, 6) is -0.780. The van der Waals surface area contributed by atoms with Gasteiger partial charge in [-0.1, -0.05) is 0 Å². The van der Waals surface area contributed by atoms with Gasteiger partial charge in [0.25, 0.3) is 0 Å². The van der Waals surface area contributed by atoms with Crippen molar-refractivity contribution in [3.8, 4) is 0 Å². The predicted octanol–water partition coefficient (Wildman–Crippen LogP) is 0.950. The molecule has 0 amide bonds. The molecule has 1 unspecified atom stereocenters.